The van der Waals surface area contributed by atoms with Gasteiger partial charge in [-0.25, -0.2) is 9.37 Å². The standard InChI is InChI=1S/C26H31FN4O2S/c1-5-29(6-2)11-12-30(26-28-22-14-17(3)13-18(4)24(22)34-26)25(33)19-15-23(32)31(16-19)21-9-7-20(27)8-10-21/h7-10,13-14,19H,5-6,11-12,15-16H2,1-4H3. The van der Waals surface area contributed by atoms with E-state index in [1.54, 1.807) is 21.9 Å². The van der Waals surface area contributed by atoms with Crippen LogP contribution in [-0.2, 0) is 9.59 Å². The highest BCUT2D eigenvalue weighted by Crippen LogP contribution is 2.34. The van der Waals surface area contributed by atoms with Crippen molar-refractivity contribution >= 4 is 44.2 Å². The van der Waals surface area contributed by atoms with E-state index in [1.807, 2.05) is 13.0 Å². The van der Waals surface area contributed by atoms with E-state index >= 15 is 0 Å². The highest BCUT2D eigenvalue weighted by Gasteiger charge is 2.38. The van der Waals surface area contributed by atoms with Crippen molar-refractivity contribution in [3.05, 3.63) is 53.3 Å². The van der Waals surface area contributed by atoms with E-state index in [-0.39, 0.29) is 30.6 Å². The minimum absolute atomic E-state index is 0.0847. The van der Waals surface area contributed by atoms with Gasteiger partial charge in [0.05, 0.1) is 16.1 Å². The predicted molar refractivity (Wildman–Crippen MR) is 136 cm³/mol. The second-order valence-electron chi connectivity index (χ2n) is 8.83. The summed E-state index contributed by atoms with van der Waals surface area (Å²) >= 11 is 1.53. The van der Waals surface area contributed by atoms with E-state index in [4.69, 9.17) is 4.98 Å². The number of hydrogen-bond acceptors (Lipinski definition) is 5. The number of nitrogens with zero attached hydrogens (tertiary/aromatic N) is 4. The van der Waals surface area contributed by atoms with Crippen LogP contribution < -0.4 is 9.80 Å². The molecule has 0 N–H and O–H groups in total. The number of likely N-dealkylation sites (N-methyl/N-ethyl adjacent to an activating group) is 1. The van der Waals surface area contributed by atoms with Crippen molar-refractivity contribution in [2.45, 2.75) is 34.1 Å². The number of aryl methyl sites for hydroxylation is 2. The van der Waals surface area contributed by atoms with E-state index in [9.17, 15) is 14.0 Å². The fourth-order valence-corrected chi connectivity index (χ4v) is 5.57. The van der Waals surface area contributed by atoms with Gasteiger partial charge in [0.15, 0.2) is 5.13 Å². The van der Waals surface area contributed by atoms with Crippen LogP contribution in [0.5, 0.6) is 0 Å². The first kappa shape index (κ1) is 24.3. The predicted octanol–water partition coefficient (Wildman–Crippen LogP) is 4.78. The largest absolute Gasteiger partial charge is 0.312 e. The van der Waals surface area contributed by atoms with E-state index in [0.717, 1.165) is 41.0 Å². The van der Waals surface area contributed by atoms with Crippen LogP contribution in [0.1, 0.15) is 31.4 Å². The number of hydrogen-bond donors (Lipinski definition) is 0. The minimum atomic E-state index is -0.468. The number of rotatable bonds is 8. The van der Waals surface area contributed by atoms with Gasteiger partial charge < -0.3 is 9.80 Å². The summed E-state index contributed by atoms with van der Waals surface area (Å²) in [4.78, 5) is 37.0. The Labute approximate surface area is 204 Å². The van der Waals surface area contributed by atoms with Gasteiger partial charge in [0, 0.05) is 31.7 Å². The van der Waals surface area contributed by atoms with Gasteiger partial charge in [-0.05, 0) is 68.4 Å². The summed E-state index contributed by atoms with van der Waals surface area (Å²) in [5.41, 5.74) is 3.80. The third-order valence-electron chi connectivity index (χ3n) is 6.45. The molecule has 0 radical (unpaired) electrons. The summed E-state index contributed by atoms with van der Waals surface area (Å²) in [7, 11) is 0. The molecule has 6 nitrogen and oxygen atoms in total. The highest BCUT2D eigenvalue weighted by atomic mass is 32.1. The Morgan fingerprint density at radius 3 is 2.53 bits per heavy atom. The summed E-state index contributed by atoms with van der Waals surface area (Å²) in [5, 5.41) is 0.675. The lowest BCUT2D eigenvalue weighted by Crippen LogP contribution is -2.42. The summed E-state index contributed by atoms with van der Waals surface area (Å²) in [6, 6.07) is 10.0. The molecule has 1 atom stereocenters. The van der Waals surface area contributed by atoms with Gasteiger partial charge in [0.2, 0.25) is 11.8 Å². The molecule has 1 fully saturated rings. The Kier molecular flexibility index (Phi) is 7.28. The SMILES string of the molecule is CCN(CC)CCN(C(=O)C1CC(=O)N(c2ccc(F)cc2)C1)c1nc2cc(C)cc(C)c2s1. The fourth-order valence-electron chi connectivity index (χ4n) is 4.53. The van der Waals surface area contributed by atoms with Gasteiger partial charge in [0.1, 0.15) is 5.82 Å². The van der Waals surface area contributed by atoms with Crippen LogP contribution in [-0.4, -0.2) is 54.4 Å². The number of halogens is 1. The van der Waals surface area contributed by atoms with E-state index < -0.39 is 5.92 Å². The molecule has 1 aromatic heterocycles. The molecule has 1 saturated heterocycles. The number of benzene rings is 2. The van der Waals surface area contributed by atoms with Crippen molar-refractivity contribution in [3.8, 4) is 0 Å². The first-order valence-electron chi connectivity index (χ1n) is 11.8. The second-order valence-corrected chi connectivity index (χ2v) is 9.80. The summed E-state index contributed by atoms with van der Waals surface area (Å²) in [5.74, 6) is -1.03. The maximum Gasteiger partial charge on any atom is 0.234 e. The third-order valence-corrected chi connectivity index (χ3v) is 7.68. The van der Waals surface area contributed by atoms with E-state index in [0.29, 0.717) is 17.4 Å². The first-order chi connectivity index (χ1) is 16.3. The number of aromatic nitrogens is 1. The van der Waals surface area contributed by atoms with Crippen LogP contribution in [0.4, 0.5) is 15.2 Å². The molecule has 8 heteroatoms. The molecule has 0 aliphatic carbocycles. The Morgan fingerprint density at radius 2 is 1.85 bits per heavy atom. The van der Waals surface area contributed by atoms with Crippen LogP contribution in [0.3, 0.4) is 0 Å². The molecule has 2 heterocycles. The second kappa shape index (κ2) is 10.2. The molecule has 180 valence electrons. The molecule has 2 aromatic carbocycles. The lowest BCUT2D eigenvalue weighted by atomic mass is 10.1. The number of anilines is 2. The molecule has 1 aliphatic rings. The normalized spacial score (nSPS) is 16.1. The molecular weight excluding hydrogens is 451 g/mol. The average molecular weight is 483 g/mol. The lowest BCUT2D eigenvalue weighted by molar-refractivity contribution is -0.124. The van der Waals surface area contributed by atoms with Crippen LogP contribution in [0.2, 0.25) is 0 Å². The van der Waals surface area contributed by atoms with Crippen molar-refractivity contribution in [2.75, 3.05) is 42.5 Å². The van der Waals surface area contributed by atoms with Gasteiger partial charge >= 0.3 is 0 Å². The number of fused-ring (bicyclic) bond motifs is 1. The van der Waals surface area contributed by atoms with E-state index in [2.05, 4.69) is 31.7 Å². The van der Waals surface area contributed by atoms with Crippen molar-refractivity contribution in [1.29, 1.82) is 0 Å². The van der Waals surface area contributed by atoms with Crippen molar-refractivity contribution < 1.29 is 14.0 Å². The zero-order valence-electron chi connectivity index (χ0n) is 20.2. The number of carbonyl (C=O) groups is 2. The van der Waals surface area contributed by atoms with Gasteiger partial charge in [-0.3, -0.25) is 14.5 Å². The van der Waals surface area contributed by atoms with Gasteiger partial charge in [0.25, 0.3) is 0 Å². The molecular formula is C26H31FN4O2S. The summed E-state index contributed by atoms with van der Waals surface area (Å²) in [6.07, 6.45) is 0.140. The van der Waals surface area contributed by atoms with E-state index in [1.165, 1.54) is 23.5 Å². The van der Waals surface area contributed by atoms with Gasteiger partial charge in [-0.15, -0.1) is 0 Å². The number of carbonyl (C=O) groups excluding carboxylic acids is 2. The Balaban J connectivity index is 1.62. The zero-order chi connectivity index (χ0) is 24.4. The minimum Gasteiger partial charge on any atom is -0.312 e. The van der Waals surface area contributed by atoms with Crippen molar-refractivity contribution in [1.82, 2.24) is 9.88 Å². The molecule has 1 unspecified atom stereocenters. The summed E-state index contributed by atoms with van der Waals surface area (Å²) < 4.78 is 14.4. The molecule has 0 spiro atoms. The average Bonchev–Trinajstić information content (AvgIpc) is 3.41. The summed E-state index contributed by atoms with van der Waals surface area (Å²) in [6.45, 7) is 11.7. The van der Waals surface area contributed by atoms with Crippen LogP contribution in [0, 0.1) is 25.6 Å². The first-order valence-corrected chi connectivity index (χ1v) is 12.6. The number of thiazole rings is 1. The fraction of sp³-hybridized carbons (Fsp3) is 0.423. The maximum absolute atomic E-state index is 13.8. The zero-order valence-corrected chi connectivity index (χ0v) is 21.0. The monoisotopic (exact) mass is 482 g/mol. The van der Waals surface area contributed by atoms with Gasteiger partial charge in [-0.2, -0.15) is 0 Å². The van der Waals surface area contributed by atoms with Crippen LogP contribution in [0.15, 0.2) is 36.4 Å². The highest BCUT2D eigenvalue weighted by molar-refractivity contribution is 7.22. The molecule has 3 aromatic rings. The smallest absolute Gasteiger partial charge is 0.234 e. The molecule has 0 bridgehead atoms. The Hall–Kier alpha value is -2.84. The Morgan fingerprint density at radius 1 is 1.15 bits per heavy atom. The lowest BCUT2D eigenvalue weighted by Gasteiger charge is -2.26. The van der Waals surface area contributed by atoms with Crippen molar-refractivity contribution in [2.24, 2.45) is 5.92 Å². The quantitative estimate of drug-likeness (QED) is 0.464. The number of amides is 2. The maximum atomic E-state index is 13.8. The Bertz CT molecular complexity index is 1190. The third kappa shape index (κ3) is 4.98. The van der Waals surface area contributed by atoms with Gasteiger partial charge in [-0.1, -0.05) is 31.3 Å². The molecule has 2 amide bonds. The molecule has 1 aliphatic heterocycles. The molecule has 34 heavy (non-hydrogen) atoms. The van der Waals surface area contributed by atoms with Crippen molar-refractivity contribution in [3.63, 3.8) is 0 Å². The molecule has 4 rings (SSSR count). The van der Waals surface area contributed by atoms with Crippen LogP contribution in [0.25, 0.3) is 10.2 Å². The van der Waals surface area contributed by atoms with Crippen LogP contribution >= 0.6 is 11.3 Å². The molecule has 0 saturated carbocycles. The topological polar surface area (TPSA) is 56.8 Å².